The van der Waals surface area contributed by atoms with E-state index in [4.69, 9.17) is 12.2 Å². The number of hydrogen-bond donors (Lipinski definition) is 1. The lowest BCUT2D eigenvalue weighted by atomic mass is 10.1. The summed E-state index contributed by atoms with van der Waals surface area (Å²) in [6.45, 7) is 0. The van der Waals surface area contributed by atoms with Crippen LogP contribution in [-0.4, -0.2) is 26.1 Å². The lowest BCUT2D eigenvalue weighted by molar-refractivity contribution is 0.867. The molecule has 5 nitrogen and oxygen atoms in total. The predicted molar refractivity (Wildman–Crippen MR) is 97.6 cm³/mol. The maximum Gasteiger partial charge on any atom is 0.216 e. The van der Waals surface area contributed by atoms with Gasteiger partial charge in [-0.3, -0.25) is 4.98 Å². The topological polar surface area (TPSA) is 58.9 Å². The normalized spacial score (nSPS) is 11.3. The first-order chi connectivity index (χ1) is 11.8. The predicted octanol–water partition coefficient (Wildman–Crippen LogP) is 4.04. The smallest absolute Gasteiger partial charge is 0.216 e. The zero-order chi connectivity index (χ0) is 16.4. The number of hydrogen-bond acceptors (Lipinski definition) is 4. The third-order valence-corrected chi connectivity index (χ3v) is 3.94. The number of nitrogens with zero attached hydrogens (tertiary/aromatic N) is 4. The van der Waals surface area contributed by atoms with Crippen LogP contribution in [0.3, 0.4) is 0 Å². The Hall–Kier alpha value is -3.12. The summed E-state index contributed by atoms with van der Waals surface area (Å²) >= 11 is 5.29. The van der Waals surface area contributed by atoms with Gasteiger partial charge in [0, 0.05) is 11.8 Å². The first-order valence-electron chi connectivity index (χ1n) is 7.44. The van der Waals surface area contributed by atoms with Gasteiger partial charge in [-0.25, -0.2) is 5.10 Å². The zero-order valence-electron chi connectivity index (χ0n) is 12.6. The molecule has 2 heterocycles. The fraction of sp³-hybridized carbons (Fsp3) is 0. The largest absolute Gasteiger partial charge is 0.253 e. The summed E-state index contributed by atoms with van der Waals surface area (Å²) < 4.78 is 2.01. The number of aromatic nitrogens is 4. The Morgan fingerprint density at radius 2 is 1.83 bits per heavy atom. The van der Waals surface area contributed by atoms with Crippen LogP contribution in [0.1, 0.15) is 5.56 Å². The summed E-state index contributed by atoms with van der Waals surface area (Å²) in [5.41, 5.74) is 1.73. The van der Waals surface area contributed by atoms with Crippen molar-refractivity contribution in [2.24, 2.45) is 5.10 Å². The van der Waals surface area contributed by atoms with Crippen molar-refractivity contribution in [2.75, 3.05) is 0 Å². The molecule has 116 valence electrons. The van der Waals surface area contributed by atoms with Gasteiger partial charge in [-0.1, -0.05) is 48.5 Å². The first-order valence-corrected chi connectivity index (χ1v) is 7.85. The van der Waals surface area contributed by atoms with E-state index in [0.29, 0.717) is 16.3 Å². The van der Waals surface area contributed by atoms with E-state index in [-0.39, 0.29) is 0 Å². The Morgan fingerprint density at radius 1 is 1.00 bits per heavy atom. The van der Waals surface area contributed by atoms with E-state index in [1.165, 1.54) is 5.39 Å². The lowest BCUT2D eigenvalue weighted by Crippen LogP contribution is -1.96. The summed E-state index contributed by atoms with van der Waals surface area (Å²) in [5, 5.41) is 13.8. The van der Waals surface area contributed by atoms with Crippen molar-refractivity contribution in [3.8, 4) is 11.5 Å². The second-order valence-corrected chi connectivity index (χ2v) is 5.58. The molecule has 0 unspecified atom stereocenters. The van der Waals surface area contributed by atoms with Crippen LogP contribution in [0.15, 0.2) is 72.0 Å². The number of fused-ring (bicyclic) bond motifs is 1. The van der Waals surface area contributed by atoms with Gasteiger partial charge in [0.15, 0.2) is 0 Å². The number of benzene rings is 2. The maximum atomic E-state index is 5.29. The summed E-state index contributed by atoms with van der Waals surface area (Å²) in [6, 6.07) is 19.9. The van der Waals surface area contributed by atoms with E-state index >= 15 is 0 Å². The highest BCUT2D eigenvalue weighted by molar-refractivity contribution is 7.71. The van der Waals surface area contributed by atoms with Crippen LogP contribution in [0.2, 0.25) is 0 Å². The molecule has 0 atom stereocenters. The lowest BCUT2D eigenvalue weighted by Gasteiger charge is -2.02. The molecule has 2 aromatic heterocycles. The minimum Gasteiger partial charge on any atom is -0.253 e. The molecule has 0 fully saturated rings. The fourth-order valence-corrected chi connectivity index (χ4v) is 2.72. The molecule has 0 radical (unpaired) electrons. The van der Waals surface area contributed by atoms with E-state index in [1.54, 1.807) is 17.1 Å². The summed E-state index contributed by atoms with van der Waals surface area (Å²) in [7, 11) is 0. The molecule has 1 N–H and O–H groups in total. The fourth-order valence-electron chi connectivity index (χ4n) is 2.54. The molecule has 0 amide bonds. The van der Waals surface area contributed by atoms with Gasteiger partial charge in [0.25, 0.3) is 0 Å². The van der Waals surface area contributed by atoms with Gasteiger partial charge in [-0.05, 0) is 35.1 Å². The van der Waals surface area contributed by atoms with E-state index < -0.39 is 0 Å². The molecule has 24 heavy (non-hydrogen) atoms. The number of aromatic amines is 1. The molecule has 4 aromatic rings. The monoisotopic (exact) mass is 331 g/mol. The molecule has 0 aliphatic heterocycles. The quantitative estimate of drug-likeness (QED) is 0.455. The molecule has 4 rings (SSSR count). The van der Waals surface area contributed by atoms with Gasteiger partial charge >= 0.3 is 0 Å². The van der Waals surface area contributed by atoms with Gasteiger partial charge in [0.05, 0.1) is 6.21 Å². The summed E-state index contributed by atoms with van der Waals surface area (Å²) in [6.07, 6.45) is 3.51. The molecule has 6 heteroatoms. The highest BCUT2D eigenvalue weighted by Crippen LogP contribution is 2.18. The highest BCUT2D eigenvalue weighted by Gasteiger charge is 2.08. The minimum absolute atomic E-state index is 0.423. The minimum atomic E-state index is 0.423. The van der Waals surface area contributed by atoms with E-state index in [1.807, 2.05) is 42.5 Å². The first kappa shape index (κ1) is 14.5. The standard InChI is InChI=1S/C18H13N5S/c24-18-22-21-17(16-10-3-4-11-19-16)23(18)20-12-14-8-5-7-13-6-1-2-9-15(13)14/h1-12H,(H,22,24)/b20-12-. The molecule has 0 spiro atoms. The average molecular weight is 331 g/mol. The Morgan fingerprint density at radius 3 is 2.71 bits per heavy atom. The molecular formula is C18H13N5S. The van der Waals surface area contributed by atoms with Crippen LogP contribution in [0, 0.1) is 4.77 Å². The van der Waals surface area contributed by atoms with Crippen LogP contribution < -0.4 is 0 Å². The second kappa shape index (κ2) is 6.17. The number of nitrogens with one attached hydrogen (secondary N) is 1. The number of rotatable bonds is 3. The van der Waals surface area contributed by atoms with Gasteiger partial charge in [-0.2, -0.15) is 14.9 Å². The van der Waals surface area contributed by atoms with E-state index in [0.717, 1.165) is 10.9 Å². The van der Waals surface area contributed by atoms with E-state index in [9.17, 15) is 0 Å². The second-order valence-electron chi connectivity index (χ2n) is 5.19. The highest BCUT2D eigenvalue weighted by atomic mass is 32.1. The molecule has 2 aromatic carbocycles. The zero-order valence-corrected chi connectivity index (χ0v) is 13.4. The molecular weight excluding hydrogens is 318 g/mol. The summed E-state index contributed by atoms with van der Waals surface area (Å²) in [5.74, 6) is 0.581. The molecule has 0 saturated carbocycles. The number of pyridine rings is 1. The molecule has 0 aliphatic rings. The van der Waals surface area contributed by atoms with Crippen molar-refractivity contribution >= 4 is 29.2 Å². The van der Waals surface area contributed by atoms with Crippen molar-refractivity contribution in [1.29, 1.82) is 0 Å². The molecule has 0 aliphatic carbocycles. The van der Waals surface area contributed by atoms with Crippen molar-refractivity contribution in [2.45, 2.75) is 0 Å². The van der Waals surface area contributed by atoms with Crippen LogP contribution in [0.25, 0.3) is 22.3 Å². The van der Waals surface area contributed by atoms with Gasteiger partial charge in [0.1, 0.15) is 5.69 Å². The van der Waals surface area contributed by atoms with Crippen molar-refractivity contribution in [3.63, 3.8) is 0 Å². The van der Waals surface area contributed by atoms with Crippen LogP contribution in [-0.2, 0) is 0 Å². The molecule has 0 saturated heterocycles. The SMILES string of the molecule is S=c1[nH]nc(-c2ccccn2)n1/N=C\c1cccc2ccccc12. The Bertz CT molecular complexity index is 1070. The van der Waals surface area contributed by atoms with Crippen LogP contribution in [0.4, 0.5) is 0 Å². The van der Waals surface area contributed by atoms with Gasteiger partial charge in [-0.15, -0.1) is 0 Å². The van der Waals surface area contributed by atoms with Gasteiger partial charge in [0.2, 0.25) is 10.6 Å². The average Bonchev–Trinajstić information content (AvgIpc) is 3.01. The van der Waals surface area contributed by atoms with E-state index in [2.05, 4.69) is 38.5 Å². The summed E-state index contributed by atoms with van der Waals surface area (Å²) in [4.78, 5) is 4.30. The van der Waals surface area contributed by atoms with Crippen molar-refractivity contribution < 1.29 is 0 Å². The van der Waals surface area contributed by atoms with Crippen LogP contribution in [0.5, 0.6) is 0 Å². The number of H-pyrrole nitrogens is 1. The Kier molecular flexibility index (Phi) is 3.72. The molecule has 0 bridgehead atoms. The van der Waals surface area contributed by atoms with Crippen molar-refractivity contribution in [1.82, 2.24) is 19.9 Å². The Labute approximate surface area is 143 Å². The van der Waals surface area contributed by atoms with Crippen LogP contribution >= 0.6 is 12.2 Å². The van der Waals surface area contributed by atoms with Gasteiger partial charge < -0.3 is 0 Å². The third-order valence-electron chi connectivity index (χ3n) is 3.68. The van der Waals surface area contributed by atoms with Crippen molar-refractivity contribution in [3.05, 3.63) is 77.2 Å². The maximum absolute atomic E-state index is 5.29. The third kappa shape index (κ3) is 2.63. The Balaban J connectivity index is 1.80.